The fourth-order valence-corrected chi connectivity index (χ4v) is 8.00. The Kier molecular flexibility index (Phi) is 18.6. The van der Waals surface area contributed by atoms with Gasteiger partial charge in [-0.1, -0.05) is 58.4 Å². The van der Waals surface area contributed by atoms with Gasteiger partial charge in [0.1, 0.15) is 11.5 Å². The number of carbonyl (C=O) groups excluding carboxylic acids is 4. The summed E-state index contributed by atoms with van der Waals surface area (Å²) in [6.45, 7) is 8.76. The molecule has 0 saturated heterocycles. The normalized spacial score (nSPS) is 19.3. The first-order valence-corrected chi connectivity index (χ1v) is 22.8. The van der Waals surface area contributed by atoms with E-state index in [1.807, 2.05) is 38.1 Å². The number of carbonyl (C=O) groups is 4. The van der Waals surface area contributed by atoms with Crippen LogP contribution in [0.1, 0.15) is 120 Å². The van der Waals surface area contributed by atoms with Gasteiger partial charge in [-0.25, -0.2) is 9.59 Å². The summed E-state index contributed by atoms with van der Waals surface area (Å²) in [7, 11) is 0. The van der Waals surface area contributed by atoms with Gasteiger partial charge in [-0.2, -0.15) is 0 Å². The van der Waals surface area contributed by atoms with Crippen molar-refractivity contribution < 1.29 is 38.1 Å². The first-order valence-electron chi connectivity index (χ1n) is 22.8. The zero-order valence-corrected chi connectivity index (χ0v) is 38.2. The SMILES string of the molecule is CC1CCC(C(=O)Oc2ccc(/C=C/C(=O)OCC(C)c3cc(N)cc(N)c3)cc2)CC1.CCC1CCC(C(=O)Oc2ccc(/C=C/C(=O)OCC(C)c3cc(N)cc(N)c3)cc2)CC1. The number of benzene rings is 4. The van der Waals surface area contributed by atoms with Crippen LogP contribution >= 0.6 is 0 Å². The second kappa shape index (κ2) is 24.5. The maximum atomic E-state index is 12.4. The summed E-state index contributed by atoms with van der Waals surface area (Å²) in [5, 5.41) is 0. The largest absolute Gasteiger partial charge is 0.462 e. The monoisotopic (exact) mass is 886 g/mol. The molecule has 2 fully saturated rings. The Morgan fingerprint density at radius 3 is 1.26 bits per heavy atom. The Hall–Kier alpha value is -6.56. The van der Waals surface area contributed by atoms with Crippen LogP contribution < -0.4 is 32.4 Å². The van der Waals surface area contributed by atoms with Crippen molar-refractivity contribution in [2.75, 3.05) is 36.1 Å². The molecule has 12 heteroatoms. The molecule has 2 unspecified atom stereocenters. The fourth-order valence-electron chi connectivity index (χ4n) is 8.00. The molecule has 0 amide bonds. The molecule has 2 aliphatic rings. The van der Waals surface area contributed by atoms with E-state index in [0.717, 1.165) is 79.5 Å². The van der Waals surface area contributed by atoms with Crippen LogP contribution in [0, 0.1) is 23.7 Å². The Morgan fingerprint density at radius 1 is 0.554 bits per heavy atom. The average Bonchev–Trinajstić information content (AvgIpc) is 3.29. The van der Waals surface area contributed by atoms with Crippen LogP contribution in [0.25, 0.3) is 12.2 Å². The van der Waals surface area contributed by atoms with Crippen molar-refractivity contribution in [3.63, 3.8) is 0 Å². The molecule has 8 N–H and O–H groups in total. The van der Waals surface area contributed by atoms with Gasteiger partial charge in [0.15, 0.2) is 0 Å². The number of hydrogen-bond acceptors (Lipinski definition) is 12. The van der Waals surface area contributed by atoms with Crippen molar-refractivity contribution in [1.29, 1.82) is 0 Å². The van der Waals surface area contributed by atoms with E-state index >= 15 is 0 Å². The number of anilines is 4. The molecule has 0 aromatic heterocycles. The van der Waals surface area contributed by atoms with Gasteiger partial charge in [0, 0.05) is 46.7 Å². The lowest BCUT2D eigenvalue weighted by atomic mass is 9.81. The highest BCUT2D eigenvalue weighted by molar-refractivity contribution is 5.87. The third kappa shape index (κ3) is 16.5. The lowest BCUT2D eigenvalue weighted by Gasteiger charge is -2.26. The molecule has 0 heterocycles. The first kappa shape index (κ1) is 49.5. The van der Waals surface area contributed by atoms with Crippen LogP contribution in [-0.4, -0.2) is 37.1 Å². The number of nitrogen functional groups attached to an aromatic ring is 4. The third-order valence-corrected chi connectivity index (χ3v) is 12.2. The zero-order valence-electron chi connectivity index (χ0n) is 38.2. The van der Waals surface area contributed by atoms with E-state index in [1.165, 1.54) is 18.6 Å². The summed E-state index contributed by atoms with van der Waals surface area (Å²) in [5.74, 6) is 1.23. The first-order chi connectivity index (χ1) is 31.1. The van der Waals surface area contributed by atoms with E-state index < -0.39 is 11.9 Å². The molecule has 4 aromatic carbocycles. The Balaban J connectivity index is 0.000000244. The van der Waals surface area contributed by atoms with E-state index in [2.05, 4.69) is 13.8 Å². The summed E-state index contributed by atoms with van der Waals surface area (Å²) in [6, 6.07) is 24.9. The quantitative estimate of drug-likeness (QED) is 0.0380. The number of esters is 4. The van der Waals surface area contributed by atoms with Gasteiger partial charge in [0.2, 0.25) is 0 Å². The smallest absolute Gasteiger partial charge is 0.330 e. The maximum Gasteiger partial charge on any atom is 0.330 e. The van der Waals surface area contributed by atoms with Crippen molar-refractivity contribution >= 4 is 58.8 Å². The van der Waals surface area contributed by atoms with Crippen molar-refractivity contribution in [3.05, 3.63) is 119 Å². The van der Waals surface area contributed by atoms with Crippen molar-refractivity contribution in [3.8, 4) is 11.5 Å². The molecule has 346 valence electrons. The summed E-state index contributed by atoms with van der Waals surface area (Å²) in [5.41, 5.74) is 29.1. The van der Waals surface area contributed by atoms with Crippen LogP contribution in [0.3, 0.4) is 0 Å². The number of ether oxygens (including phenoxy) is 4. The second-order valence-corrected chi connectivity index (χ2v) is 17.7. The summed E-state index contributed by atoms with van der Waals surface area (Å²) in [4.78, 5) is 48.9. The topological polar surface area (TPSA) is 209 Å². The van der Waals surface area contributed by atoms with Crippen LogP contribution in [0.4, 0.5) is 22.7 Å². The maximum absolute atomic E-state index is 12.4. The fraction of sp³-hybridized carbons (Fsp3) is 0.396. The molecule has 0 bridgehead atoms. The molecule has 12 nitrogen and oxygen atoms in total. The van der Waals surface area contributed by atoms with Crippen LogP contribution in [-0.2, 0) is 28.7 Å². The number of nitrogens with two attached hydrogens (primary N) is 4. The van der Waals surface area contributed by atoms with Gasteiger partial charge in [0.05, 0.1) is 25.0 Å². The van der Waals surface area contributed by atoms with Gasteiger partial charge in [-0.3, -0.25) is 9.59 Å². The summed E-state index contributed by atoms with van der Waals surface area (Å²) in [6.07, 6.45) is 15.2. The predicted molar refractivity (Wildman–Crippen MR) is 258 cm³/mol. The van der Waals surface area contributed by atoms with E-state index in [0.29, 0.717) is 40.2 Å². The minimum absolute atomic E-state index is 0.00620. The van der Waals surface area contributed by atoms with Gasteiger partial charge in [-0.05, 0) is 158 Å². The highest BCUT2D eigenvalue weighted by Gasteiger charge is 2.27. The van der Waals surface area contributed by atoms with Crippen LogP contribution in [0.5, 0.6) is 11.5 Å². The van der Waals surface area contributed by atoms with E-state index in [9.17, 15) is 19.2 Å². The van der Waals surface area contributed by atoms with E-state index in [1.54, 1.807) is 72.8 Å². The lowest BCUT2D eigenvalue weighted by Crippen LogP contribution is -2.25. The lowest BCUT2D eigenvalue weighted by molar-refractivity contribution is -0.141. The minimum Gasteiger partial charge on any atom is -0.462 e. The second-order valence-electron chi connectivity index (χ2n) is 17.7. The van der Waals surface area contributed by atoms with Gasteiger partial charge in [0.25, 0.3) is 0 Å². The Morgan fingerprint density at radius 2 is 0.908 bits per heavy atom. The van der Waals surface area contributed by atoms with Gasteiger partial charge >= 0.3 is 23.9 Å². The highest BCUT2D eigenvalue weighted by atomic mass is 16.5. The van der Waals surface area contributed by atoms with E-state index in [4.69, 9.17) is 41.9 Å². The molecular formula is C53H66N4O8. The summed E-state index contributed by atoms with van der Waals surface area (Å²) >= 11 is 0. The Bertz CT molecular complexity index is 2220. The molecule has 0 aliphatic heterocycles. The standard InChI is InChI=1S/C27H34N2O4.C26H32N2O4/c1-3-19-4-9-21(10-5-19)27(31)33-25-11-6-20(7-12-25)8-13-26(30)32-17-18(2)22-14-23(28)16-24(29)15-22;1-17-3-8-20(9-4-17)26(30)32-24-10-5-19(6-11-24)7-12-25(29)31-16-18(2)21-13-22(27)15-23(28)14-21/h6-8,11-16,18-19,21H,3-5,9-10,17,28-29H2,1-2H3;5-7,10-15,17-18,20H,3-4,8-9,16,27-28H2,1-2H3/b13-8+;12-7+. The third-order valence-electron chi connectivity index (χ3n) is 12.2. The molecular weight excluding hydrogens is 821 g/mol. The minimum atomic E-state index is -0.434. The molecule has 6 rings (SSSR count). The van der Waals surface area contributed by atoms with Crippen molar-refractivity contribution in [2.45, 2.75) is 97.3 Å². The summed E-state index contributed by atoms with van der Waals surface area (Å²) < 4.78 is 21.8. The highest BCUT2D eigenvalue weighted by Crippen LogP contribution is 2.32. The van der Waals surface area contributed by atoms with Crippen LogP contribution in [0.15, 0.2) is 97.1 Å². The molecule has 2 atom stereocenters. The molecule has 4 aromatic rings. The van der Waals surface area contributed by atoms with Crippen LogP contribution in [0.2, 0.25) is 0 Å². The Labute approximate surface area is 383 Å². The van der Waals surface area contributed by atoms with Gasteiger partial charge < -0.3 is 41.9 Å². The van der Waals surface area contributed by atoms with Gasteiger partial charge in [-0.15, -0.1) is 0 Å². The number of hydrogen-bond donors (Lipinski definition) is 4. The molecule has 65 heavy (non-hydrogen) atoms. The number of rotatable bonds is 15. The van der Waals surface area contributed by atoms with E-state index in [-0.39, 0.29) is 48.8 Å². The predicted octanol–water partition coefficient (Wildman–Crippen LogP) is 10.3. The average molecular weight is 887 g/mol. The molecule has 0 radical (unpaired) electrons. The van der Waals surface area contributed by atoms with Crippen molar-refractivity contribution in [1.82, 2.24) is 0 Å². The molecule has 2 saturated carbocycles. The molecule has 2 aliphatic carbocycles. The van der Waals surface area contributed by atoms with Crippen molar-refractivity contribution in [2.24, 2.45) is 23.7 Å². The zero-order chi connectivity index (χ0) is 46.9. The molecule has 0 spiro atoms.